The van der Waals surface area contributed by atoms with E-state index in [0.717, 1.165) is 31.6 Å². The van der Waals surface area contributed by atoms with Crippen LogP contribution in [0.1, 0.15) is 31.5 Å². The molecule has 0 spiro atoms. The summed E-state index contributed by atoms with van der Waals surface area (Å²) in [7, 11) is 0. The molecule has 126 valence electrons. The van der Waals surface area contributed by atoms with Crippen molar-refractivity contribution in [2.24, 2.45) is 0 Å². The molecule has 0 aliphatic carbocycles. The number of rotatable bonds is 4. The molecule has 2 aromatic rings. The van der Waals surface area contributed by atoms with Crippen LogP contribution >= 0.6 is 0 Å². The number of carbonyl (C=O) groups excluding carboxylic acids is 1. The minimum absolute atomic E-state index is 0.0819. The van der Waals surface area contributed by atoms with Gasteiger partial charge in [0.2, 0.25) is 5.95 Å². The molecule has 0 aromatic carbocycles. The fourth-order valence-corrected chi connectivity index (χ4v) is 2.86. The van der Waals surface area contributed by atoms with Gasteiger partial charge in [-0.2, -0.15) is 0 Å². The summed E-state index contributed by atoms with van der Waals surface area (Å²) in [6, 6.07) is 7.25. The topological polar surface area (TPSA) is 83.0 Å². The number of carbonyl (C=O) groups is 1. The highest BCUT2D eigenvalue weighted by Crippen LogP contribution is 2.15. The second-order valence-corrected chi connectivity index (χ2v) is 5.93. The van der Waals surface area contributed by atoms with Gasteiger partial charge in [-0.25, -0.2) is 14.8 Å². The molecular formula is C17H22N6O. The molecule has 1 fully saturated rings. The summed E-state index contributed by atoms with van der Waals surface area (Å²) in [5.41, 5.74) is 0.843. The van der Waals surface area contributed by atoms with Crippen molar-refractivity contribution in [1.29, 1.82) is 0 Å². The number of hydrogen-bond donors (Lipinski definition) is 2. The van der Waals surface area contributed by atoms with Gasteiger partial charge in [0.1, 0.15) is 0 Å². The lowest BCUT2D eigenvalue weighted by atomic mass is 10.1. The van der Waals surface area contributed by atoms with Gasteiger partial charge in [0, 0.05) is 37.7 Å². The van der Waals surface area contributed by atoms with Crippen LogP contribution in [-0.2, 0) is 0 Å². The Kier molecular flexibility index (Phi) is 5.20. The number of piperidine rings is 1. The zero-order valence-corrected chi connectivity index (χ0v) is 13.7. The highest BCUT2D eigenvalue weighted by atomic mass is 16.2. The molecular weight excluding hydrogens is 304 g/mol. The molecule has 3 rings (SSSR count). The summed E-state index contributed by atoms with van der Waals surface area (Å²) in [4.78, 5) is 27.2. The Balaban J connectivity index is 1.53. The fourth-order valence-electron chi connectivity index (χ4n) is 2.86. The molecule has 0 saturated carbocycles. The summed E-state index contributed by atoms with van der Waals surface area (Å²) in [5, 5.41) is 5.98. The first-order chi connectivity index (χ1) is 11.7. The van der Waals surface area contributed by atoms with Crippen molar-refractivity contribution in [3.63, 3.8) is 0 Å². The lowest BCUT2D eigenvalue weighted by Gasteiger charge is -2.33. The van der Waals surface area contributed by atoms with E-state index in [2.05, 4.69) is 30.5 Å². The molecule has 2 amide bonds. The second kappa shape index (κ2) is 7.72. The van der Waals surface area contributed by atoms with E-state index in [1.807, 2.05) is 25.1 Å². The van der Waals surface area contributed by atoms with Crippen LogP contribution < -0.4 is 15.5 Å². The Morgan fingerprint density at radius 2 is 2.00 bits per heavy atom. The summed E-state index contributed by atoms with van der Waals surface area (Å²) in [6.07, 6.45) is 7.15. The van der Waals surface area contributed by atoms with E-state index in [9.17, 15) is 4.79 Å². The average Bonchev–Trinajstić information content (AvgIpc) is 2.63. The van der Waals surface area contributed by atoms with Gasteiger partial charge >= 0.3 is 6.03 Å². The normalized spacial score (nSPS) is 18.7. The van der Waals surface area contributed by atoms with Crippen molar-refractivity contribution in [1.82, 2.24) is 25.6 Å². The molecule has 2 atom stereocenters. The van der Waals surface area contributed by atoms with Crippen LogP contribution in [0.4, 0.5) is 10.7 Å². The van der Waals surface area contributed by atoms with Crippen LogP contribution in [0.5, 0.6) is 0 Å². The zero-order valence-electron chi connectivity index (χ0n) is 13.7. The monoisotopic (exact) mass is 326 g/mol. The van der Waals surface area contributed by atoms with Gasteiger partial charge in [-0.1, -0.05) is 6.07 Å². The van der Waals surface area contributed by atoms with Gasteiger partial charge in [0.15, 0.2) is 0 Å². The predicted octanol–water partition coefficient (Wildman–Crippen LogP) is 1.90. The van der Waals surface area contributed by atoms with Gasteiger partial charge in [-0.05, 0) is 38.0 Å². The number of hydrogen-bond acceptors (Lipinski definition) is 5. The molecule has 7 nitrogen and oxygen atoms in total. The summed E-state index contributed by atoms with van der Waals surface area (Å²) in [5.74, 6) is 0.714. The van der Waals surface area contributed by atoms with Crippen molar-refractivity contribution < 1.29 is 4.79 Å². The van der Waals surface area contributed by atoms with E-state index in [0.29, 0.717) is 5.95 Å². The van der Waals surface area contributed by atoms with Crippen molar-refractivity contribution in [2.45, 2.75) is 31.8 Å². The van der Waals surface area contributed by atoms with Crippen LogP contribution in [0.3, 0.4) is 0 Å². The van der Waals surface area contributed by atoms with Crippen LogP contribution in [-0.4, -0.2) is 40.1 Å². The summed E-state index contributed by atoms with van der Waals surface area (Å²) < 4.78 is 0. The largest absolute Gasteiger partial charge is 0.339 e. The number of amides is 2. The first-order valence-electron chi connectivity index (χ1n) is 8.22. The number of aromatic nitrogens is 3. The van der Waals surface area contributed by atoms with Gasteiger partial charge in [-0.3, -0.25) is 4.98 Å². The Morgan fingerprint density at radius 1 is 1.21 bits per heavy atom. The van der Waals surface area contributed by atoms with Crippen LogP contribution in [0.2, 0.25) is 0 Å². The van der Waals surface area contributed by atoms with Crippen molar-refractivity contribution in [2.75, 3.05) is 18.0 Å². The third kappa shape index (κ3) is 4.18. The van der Waals surface area contributed by atoms with Crippen LogP contribution in [0.25, 0.3) is 0 Å². The smallest absolute Gasteiger partial charge is 0.315 e. The van der Waals surface area contributed by atoms with Crippen LogP contribution in [0, 0.1) is 0 Å². The van der Waals surface area contributed by atoms with Gasteiger partial charge in [-0.15, -0.1) is 0 Å². The molecule has 0 bridgehead atoms. The quantitative estimate of drug-likeness (QED) is 0.896. The van der Waals surface area contributed by atoms with Gasteiger partial charge in [0.05, 0.1) is 11.7 Å². The lowest BCUT2D eigenvalue weighted by Crippen LogP contribution is -2.51. The average molecular weight is 326 g/mol. The second-order valence-electron chi connectivity index (χ2n) is 5.93. The van der Waals surface area contributed by atoms with Gasteiger partial charge < -0.3 is 15.5 Å². The summed E-state index contributed by atoms with van der Waals surface area (Å²) >= 11 is 0. The lowest BCUT2D eigenvalue weighted by molar-refractivity contribution is 0.231. The van der Waals surface area contributed by atoms with E-state index in [1.165, 1.54) is 0 Å². The SMILES string of the molecule is C[C@H](NC(=O)N[C@H]1CCCN(c2ncccn2)C1)c1ccccn1. The number of nitrogens with zero attached hydrogens (tertiary/aromatic N) is 4. The maximum Gasteiger partial charge on any atom is 0.315 e. The number of pyridine rings is 1. The molecule has 1 saturated heterocycles. The highest BCUT2D eigenvalue weighted by Gasteiger charge is 2.23. The molecule has 0 radical (unpaired) electrons. The third-order valence-corrected chi connectivity index (χ3v) is 4.07. The Hall–Kier alpha value is -2.70. The molecule has 24 heavy (non-hydrogen) atoms. The van der Waals surface area contributed by atoms with E-state index >= 15 is 0 Å². The molecule has 2 aromatic heterocycles. The number of anilines is 1. The van der Waals surface area contributed by atoms with E-state index in [-0.39, 0.29) is 18.1 Å². The number of urea groups is 1. The number of nitrogens with one attached hydrogen (secondary N) is 2. The summed E-state index contributed by atoms with van der Waals surface area (Å²) in [6.45, 7) is 3.55. The third-order valence-electron chi connectivity index (χ3n) is 4.07. The first kappa shape index (κ1) is 16.2. The maximum absolute atomic E-state index is 12.2. The molecule has 0 unspecified atom stereocenters. The van der Waals surface area contributed by atoms with E-state index in [4.69, 9.17) is 0 Å². The Morgan fingerprint density at radius 3 is 2.75 bits per heavy atom. The van der Waals surface area contributed by atoms with Crippen molar-refractivity contribution in [3.05, 3.63) is 48.5 Å². The molecule has 1 aliphatic heterocycles. The maximum atomic E-state index is 12.2. The van der Waals surface area contributed by atoms with Crippen LogP contribution in [0.15, 0.2) is 42.9 Å². The zero-order chi connectivity index (χ0) is 16.8. The fraction of sp³-hybridized carbons (Fsp3) is 0.412. The van der Waals surface area contributed by atoms with E-state index in [1.54, 1.807) is 24.7 Å². The highest BCUT2D eigenvalue weighted by molar-refractivity contribution is 5.74. The van der Waals surface area contributed by atoms with Gasteiger partial charge in [0.25, 0.3) is 0 Å². The minimum atomic E-state index is -0.172. The molecule has 3 heterocycles. The standard InChI is InChI=1S/C17H22N6O/c1-13(15-7-2-3-8-18-15)21-17(24)22-14-6-4-11-23(12-14)16-19-9-5-10-20-16/h2-3,5,7-10,13-14H,4,6,11-12H2,1H3,(H2,21,22,24)/t13-,14-/m0/s1. The van der Waals surface area contributed by atoms with Crippen molar-refractivity contribution in [3.8, 4) is 0 Å². The first-order valence-corrected chi connectivity index (χ1v) is 8.22. The Bertz CT molecular complexity index is 651. The Labute approximate surface area is 141 Å². The predicted molar refractivity (Wildman–Crippen MR) is 91.6 cm³/mol. The molecule has 2 N–H and O–H groups in total. The molecule has 7 heteroatoms. The minimum Gasteiger partial charge on any atom is -0.339 e. The molecule has 1 aliphatic rings. The van der Waals surface area contributed by atoms with Crippen molar-refractivity contribution >= 4 is 12.0 Å². The van der Waals surface area contributed by atoms with E-state index < -0.39 is 0 Å².